The molecule has 1 aliphatic heterocycles. The van der Waals surface area contributed by atoms with E-state index < -0.39 is 0 Å². The van der Waals surface area contributed by atoms with Gasteiger partial charge in [-0.1, -0.05) is 0 Å². The van der Waals surface area contributed by atoms with Crippen molar-refractivity contribution in [2.45, 2.75) is 6.42 Å². The molecular formula is C9H12N4O2. The first-order valence-electron chi connectivity index (χ1n) is 4.83. The molecule has 0 atom stereocenters. The van der Waals surface area contributed by atoms with E-state index in [-0.39, 0.29) is 11.5 Å². The van der Waals surface area contributed by atoms with Crippen LogP contribution in [0, 0.1) is 0 Å². The van der Waals surface area contributed by atoms with Gasteiger partial charge in [0.15, 0.2) is 5.82 Å². The normalized spacial score (nSPS) is 17.1. The number of aromatic nitrogens is 2. The second kappa shape index (κ2) is 4.12. The third-order valence-electron chi connectivity index (χ3n) is 2.30. The van der Waals surface area contributed by atoms with E-state index in [1.165, 1.54) is 12.4 Å². The maximum absolute atomic E-state index is 11.4. The summed E-state index contributed by atoms with van der Waals surface area (Å²) < 4.78 is 0. The Morgan fingerprint density at radius 3 is 3.00 bits per heavy atom. The molecule has 1 aliphatic rings. The van der Waals surface area contributed by atoms with Gasteiger partial charge in [-0.25, -0.2) is 4.98 Å². The van der Waals surface area contributed by atoms with Gasteiger partial charge in [-0.3, -0.25) is 9.59 Å². The summed E-state index contributed by atoms with van der Waals surface area (Å²) >= 11 is 0. The summed E-state index contributed by atoms with van der Waals surface area (Å²) in [6.07, 6.45) is 3.43. The second-order valence-corrected chi connectivity index (χ2v) is 3.33. The third kappa shape index (κ3) is 2.15. The highest BCUT2D eigenvalue weighted by atomic mass is 16.1. The number of carbonyl (C=O) groups excluding carboxylic acids is 1. The zero-order valence-corrected chi connectivity index (χ0v) is 8.19. The molecule has 0 saturated carbocycles. The van der Waals surface area contributed by atoms with Gasteiger partial charge in [-0.05, 0) is 0 Å². The summed E-state index contributed by atoms with van der Waals surface area (Å²) in [6, 6.07) is 0. The summed E-state index contributed by atoms with van der Waals surface area (Å²) in [4.78, 5) is 30.9. The van der Waals surface area contributed by atoms with Crippen molar-refractivity contribution in [3.8, 4) is 0 Å². The molecule has 0 aromatic carbocycles. The van der Waals surface area contributed by atoms with E-state index >= 15 is 0 Å². The standard InChI is InChI=1S/C9H12N4O2/c14-7-1-5-13(6-4-10-7)8-9(15)12-3-2-11-8/h2-3H,1,4-6H2,(H,10,14)(H,12,15). The van der Waals surface area contributed by atoms with Crippen LogP contribution in [-0.2, 0) is 4.79 Å². The highest BCUT2D eigenvalue weighted by Gasteiger charge is 2.16. The Labute approximate surface area is 86.3 Å². The Hall–Kier alpha value is -1.85. The van der Waals surface area contributed by atoms with Gasteiger partial charge in [-0.15, -0.1) is 0 Å². The van der Waals surface area contributed by atoms with E-state index in [1.807, 2.05) is 4.90 Å². The number of hydrogen-bond acceptors (Lipinski definition) is 4. The zero-order valence-electron chi connectivity index (χ0n) is 8.19. The molecule has 0 radical (unpaired) electrons. The number of nitrogens with zero attached hydrogens (tertiary/aromatic N) is 2. The van der Waals surface area contributed by atoms with Gasteiger partial charge in [0.1, 0.15) is 0 Å². The van der Waals surface area contributed by atoms with Crippen LogP contribution >= 0.6 is 0 Å². The predicted molar refractivity (Wildman–Crippen MR) is 54.7 cm³/mol. The lowest BCUT2D eigenvalue weighted by Crippen LogP contribution is -2.33. The minimum Gasteiger partial charge on any atom is -0.354 e. The van der Waals surface area contributed by atoms with Gasteiger partial charge >= 0.3 is 0 Å². The summed E-state index contributed by atoms with van der Waals surface area (Å²) in [5.74, 6) is 0.402. The fraction of sp³-hybridized carbons (Fsp3) is 0.444. The van der Waals surface area contributed by atoms with Crippen LogP contribution in [0.3, 0.4) is 0 Å². The summed E-state index contributed by atoms with van der Waals surface area (Å²) in [5, 5.41) is 2.74. The van der Waals surface area contributed by atoms with Crippen molar-refractivity contribution in [3.05, 3.63) is 22.7 Å². The summed E-state index contributed by atoms with van der Waals surface area (Å²) in [7, 11) is 0. The average Bonchev–Trinajstić information content (AvgIpc) is 2.44. The molecule has 80 valence electrons. The van der Waals surface area contributed by atoms with Crippen molar-refractivity contribution >= 4 is 11.7 Å². The molecule has 6 nitrogen and oxygen atoms in total. The molecular weight excluding hydrogens is 196 g/mol. The average molecular weight is 208 g/mol. The highest BCUT2D eigenvalue weighted by Crippen LogP contribution is 2.04. The SMILES string of the molecule is O=C1CCN(c2ncc[nH]c2=O)CCN1. The molecule has 0 aliphatic carbocycles. The van der Waals surface area contributed by atoms with Crippen molar-refractivity contribution in [3.63, 3.8) is 0 Å². The van der Waals surface area contributed by atoms with E-state index in [4.69, 9.17) is 0 Å². The van der Waals surface area contributed by atoms with E-state index in [1.54, 1.807) is 0 Å². The van der Waals surface area contributed by atoms with Gasteiger partial charge in [-0.2, -0.15) is 0 Å². The first kappa shape index (κ1) is 9.70. The number of carbonyl (C=O) groups is 1. The van der Waals surface area contributed by atoms with E-state index in [0.717, 1.165) is 0 Å². The molecule has 1 aromatic rings. The topological polar surface area (TPSA) is 78.1 Å². The molecule has 1 fully saturated rings. The fourth-order valence-electron chi connectivity index (χ4n) is 1.55. The second-order valence-electron chi connectivity index (χ2n) is 3.33. The Kier molecular flexibility index (Phi) is 2.66. The maximum Gasteiger partial charge on any atom is 0.290 e. The molecule has 0 spiro atoms. The van der Waals surface area contributed by atoms with Gasteiger partial charge in [0.05, 0.1) is 0 Å². The lowest BCUT2D eigenvalue weighted by molar-refractivity contribution is -0.120. The Morgan fingerprint density at radius 1 is 1.33 bits per heavy atom. The number of nitrogens with one attached hydrogen (secondary N) is 2. The first-order chi connectivity index (χ1) is 7.27. The molecule has 0 bridgehead atoms. The molecule has 1 amide bonds. The van der Waals surface area contributed by atoms with Crippen LogP contribution in [0.15, 0.2) is 17.2 Å². The van der Waals surface area contributed by atoms with Crippen LogP contribution in [-0.4, -0.2) is 35.5 Å². The molecule has 2 heterocycles. The van der Waals surface area contributed by atoms with Gasteiger partial charge < -0.3 is 15.2 Å². The summed E-state index contributed by atoms with van der Waals surface area (Å²) in [5.41, 5.74) is -0.216. The van der Waals surface area contributed by atoms with Gasteiger partial charge in [0.2, 0.25) is 5.91 Å². The minimum atomic E-state index is -0.216. The number of anilines is 1. The third-order valence-corrected chi connectivity index (χ3v) is 2.30. The maximum atomic E-state index is 11.4. The monoisotopic (exact) mass is 208 g/mol. The zero-order chi connectivity index (χ0) is 10.7. The quantitative estimate of drug-likeness (QED) is 0.626. The van der Waals surface area contributed by atoms with Crippen LogP contribution in [0.2, 0.25) is 0 Å². The van der Waals surface area contributed by atoms with Crippen LogP contribution < -0.4 is 15.8 Å². The Morgan fingerprint density at radius 2 is 2.20 bits per heavy atom. The predicted octanol–water partition coefficient (Wildman–Crippen LogP) is -0.904. The number of amides is 1. The van der Waals surface area contributed by atoms with Crippen LogP contribution in [0.1, 0.15) is 6.42 Å². The summed E-state index contributed by atoms with van der Waals surface area (Å²) in [6.45, 7) is 1.70. The Balaban J connectivity index is 2.20. The van der Waals surface area contributed by atoms with Gasteiger partial charge in [0.25, 0.3) is 5.56 Å². The lowest BCUT2D eigenvalue weighted by Gasteiger charge is -2.18. The van der Waals surface area contributed by atoms with E-state index in [0.29, 0.717) is 31.9 Å². The smallest absolute Gasteiger partial charge is 0.290 e. The minimum absolute atomic E-state index is 0.0184. The van der Waals surface area contributed by atoms with Crippen molar-refractivity contribution in [2.75, 3.05) is 24.5 Å². The lowest BCUT2D eigenvalue weighted by atomic mass is 10.4. The molecule has 2 N–H and O–H groups in total. The largest absolute Gasteiger partial charge is 0.354 e. The van der Waals surface area contributed by atoms with Crippen molar-refractivity contribution in [1.82, 2.24) is 15.3 Å². The van der Waals surface area contributed by atoms with Crippen LogP contribution in [0.5, 0.6) is 0 Å². The number of hydrogen-bond donors (Lipinski definition) is 2. The van der Waals surface area contributed by atoms with E-state index in [9.17, 15) is 9.59 Å². The number of H-pyrrole nitrogens is 1. The van der Waals surface area contributed by atoms with Gasteiger partial charge in [0, 0.05) is 38.4 Å². The first-order valence-corrected chi connectivity index (χ1v) is 4.83. The highest BCUT2D eigenvalue weighted by molar-refractivity contribution is 5.77. The molecule has 1 saturated heterocycles. The number of aromatic amines is 1. The molecule has 2 rings (SSSR count). The molecule has 0 unspecified atom stereocenters. The van der Waals surface area contributed by atoms with E-state index in [2.05, 4.69) is 15.3 Å². The van der Waals surface area contributed by atoms with Crippen LogP contribution in [0.25, 0.3) is 0 Å². The molecule has 1 aromatic heterocycles. The van der Waals surface area contributed by atoms with Crippen LogP contribution in [0.4, 0.5) is 5.82 Å². The molecule has 15 heavy (non-hydrogen) atoms. The van der Waals surface area contributed by atoms with Crippen molar-refractivity contribution in [1.29, 1.82) is 0 Å². The van der Waals surface area contributed by atoms with Crippen molar-refractivity contribution in [2.24, 2.45) is 0 Å². The Bertz CT molecular complexity index is 415. The van der Waals surface area contributed by atoms with Crippen molar-refractivity contribution < 1.29 is 4.79 Å². The fourth-order valence-corrected chi connectivity index (χ4v) is 1.55. The molecule has 6 heteroatoms. The number of rotatable bonds is 1.